The monoisotopic (exact) mass is 292 g/mol. The standard InChI is InChI=1S/C9H10BrFN2O3/c10-3-5-1-2-7(16-5)13-4-6(11)8(14)12-9(13)15/h4-5,7H,1-3H2,(H,12,14,15)/t5-,7+/m0/s1. The summed E-state index contributed by atoms with van der Waals surface area (Å²) >= 11 is 3.28. The zero-order chi connectivity index (χ0) is 11.7. The minimum absolute atomic E-state index is 0.0203. The number of nitrogens with zero attached hydrogens (tertiary/aromatic N) is 1. The molecule has 2 rings (SSSR count). The lowest BCUT2D eigenvalue weighted by Crippen LogP contribution is -2.33. The van der Waals surface area contributed by atoms with Gasteiger partial charge >= 0.3 is 5.69 Å². The average Bonchev–Trinajstić information content (AvgIpc) is 2.71. The van der Waals surface area contributed by atoms with E-state index in [1.807, 2.05) is 4.98 Å². The van der Waals surface area contributed by atoms with Gasteiger partial charge in [-0.1, -0.05) is 15.9 Å². The molecule has 16 heavy (non-hydrogen) atoms. The van der Waals surface area contributed by atoms with Gasteiger partial charge in [-0.25, -0.2) is 4.79 Å². The molecule has 88 valence electrons. The quantitative estimate of drug-likeness (QED) is 0.818. The molecule has 0 amide bonds. The molecule has 1 aromatic heterocycles. The van der Waals surface area contributed by atoms with E-state index in [1.165, 1.54) is 0 Å². The predicted octanol–water partition coefficient (Wildman–Crippen LogP) is 0.748. The SMILES string of the molecule is O=c1[nH]c(=O)n([C@H]2CC[C@@H](CBr)O2)cc1F. The number of halogens is 2. The van der Waals surface area contributed by atoms with Crippen LogP contribution in [0.3, 0.4) is 0 Å². The molecule has 0 radical (unpaired) electrons. The number of aromatic amines is 1. The summed E-state index contributed by atoms with van der Waals surface area (Å²) in [6, 6.07) is 0. The maximum Gasteiger partial charge on any atom is 0.330 e. The molecule has 0 spiro atoms. The highest BCUT2D eigenvalue weighted by atomic mass is 79.9. The van der Waals surface area contributed by atoms with E-state index in [-0.39, 0.29) is 6.10 Å². The van der Waals surface area contributed by atoms with E-state index in [2.05, 4.69) is 15.9 Å². The van der Waals surface area contributed by atoms with Gasteiger partial charge in [0, 0.05) is 5.33 Å². The van der Waals surface area contributed by atoms with Crippen molar-refractivity contribution >= 4 is 15.9 Å². The van der Waals surface area contributed by atoms with Crippen LogP contribution in [0, 0.1) is 5.82 Å². The first-order valence-corrected chi connectivity index (χ1v) is 5.96. The molecular formula is C9H10BrFN2O3. The summed E-state index contributed by atoms with van der Waals surface area (Å²) in [6.45, 7) is 0. The molecule has 1 aliphatic rings. The number of rotatable bonds is 2. The number of hydrogen-bond donors (Lipinski definition) is 1. The fraction of sp³-hybridized carbons (Fsp3) is 0.556. The van der Waals surface area contributed by atoms with Gasteiger partial charge in [0.1, 0.15) is 6.23 Å². The van der Waals surface area contributed by atoms with Crippen LogP contribution in [0.1, 0.15) is 19.1 Å². The first-order chi connectivity index (χ1) is 7.61. The zero-order valence-corrected chi connectivity index (χ0v) is 9.87. The van der Waals surface area contributed by atoms with Crippen molar-refractivity contribution in [2.24, 2.45) is 0 Å². The van der Waals surface area contributed by atoms with Gasteiger partial charge in [-0.15, -0.1) is 0 Å². The molecule has 1 fully saturated rings. The largest absolute Gasteiger partial charge is 0.354 e. The van der Waals surface area contributed by atoms with Crippen molar-refractivity contribution < 1.29 is 9.13 Å². The van der Waals surface area contributed by atoms with E-state index < -0.39 is 23.3 Å². The van der Waals surface area contributed by atoms with Crippen molar-refractivity contribution in [1.82, 2.24) is 9.55 Å². The van der Waals surface area contributed by atoms with E-state index in [1.54, 1.807) is 0 Å². The summed E-state index contributed by atoms with van der Waals surface area (Å²) in [5, 5.41) is 0.671. The molecule has 0 aliphatic carbocycles. The first-order valence-electron chi connectivity index (χ1n) is 4.84. The van der Waals surface area contributed by atoms with Gasteiger partial charge in [-0.3, -0.25) is 14.3 Å². The highest BCUT2D eigenvalue weighted by molar-refractivity contribution is 9.09. The van der Waals surface area contributed by atoms with E-state index in [0.29, 0.717) is 11.8 Å². The van der Waals surface area contributed by atoms with Crippen molar-refractivity contribution in [3.63, 3.8) is 0 Å². The molecule has 1 aromatic rings. The second-order valence-corrected chi connectivity index (χ2v) is 4.24. The molecule has 2 heterocycles. The van der Waals surface area contributed by atoms with Crippen LogP contribution < -0.4 is 11.2 Å². The van der Waals surface area contributed by atoms with Gasteiger partial charge in [-0.2, -0.15) is 4.39 Å². The van der Waals surface area contributed by atoms with Crippen LogP contribution in [0.15, 0.2) is 15.8 Å². The number of alkyl halides is 1. The zero-order valence-electron chi connectivity index (χ0n) is 8.28. The first kappa shape index (κ1) is 11.5. The Morgan fingerprint density at radius 1 is 1.56 bits per heavy atom. The van der Waals surface area contributed by atoms with Gasteiger partial charge in [-0.05, 0) is 12.8 Å². The van der Waals surface area contributed by atoms with Gasteiger partial charge in [0.25, 0.3) is 5.56 Å². The van der Waals surface area contributed by atoms with Gasteiger partial charge in [0.05, 0.1) is 12.3 Å². The van der Waals surface area contributed by atoms with Crippen molar-refractivity contribution in [3.05, 3.63) is 32.9 Å². The van der Waals surface area contributed by atoms with E-state index in [0.717, 1.165) is 17.2 Å². The number of H-pyrrole nitrogens is 1. The van der Waals surface area contributed by atoms with Crippen LogP contribution >= 0.6 is 15.9 Å². The third kappa shape index (κ3) is 2.10. The topological polar surface area (TPSA) is 64.1 Å². The molecule has 0 aromatic carbocycles. The summed E-state index contributed by atoms with van der Waals surface area (Å²) in [6.07, 6.45) is 1.83. The second kappa shape index (κ2) is 4.50. The third-order valence-electron chi connectivity index (χ3n) is 2.49. The van der Waals surface area contributed by atoms with Gasteiger partial charge in [0.15, 0.2) is 0 Å². The summed E-state index contributed by atoms with van der Waals surface area (Å²) in [4.78, 5) is 24.2. The Kier molecular flexibility index (Phi) is 3.25. The molecule has 7 heteroatoms. The summed E-state index contributed by atoms with van der Waals surface area (Å²) < 4.78 is 19.6. The fourth-order valence-corrected chi connectivity index (χ4v) is 2.16. The van der Waals surface area contributed by atoms with Crippen LogP contribution in [0.2, 0.25) is 0 Å². The molecule has 1 N–H and O–H groups in total. The Morgan fingerprint density at radius 2 is 2.31 bits per heavy atom. The molecule has 0 unspecified atom stereocenters. The highest BCUT2D eigenvalue weighted by Crippen LogP contribution is 2.27. The average molecular weight is 293 g/mol. The molecule has 1 aliphatic heterocycles. The molecule has 1 saturated heterocycles. The van der Waals surface area contributed by atoms with E-state index >= 15 is 0 Å². The van der Waals surface area contributed by atoms with Crippen molar-refractivity contribution in [2.75, 3.05) is 5.33 Å². The van der Waals surface area contributed by atoms with Crippen LogP contribution in [0.4, 0.5) is 4.39 Å². The minimum Gasteiger partial charge on any atom is -0.354 e. The van der Waals surface area contributed by atoms with Crippen molar-refractivity contribution in [2.45, 2.75) is 25.2 Å². The van der Waals surface area contributed by atoms with Gasteiger partial charge in [0.2, 0.25) is 5.82 Å². The lowest BCUT2D eigenvalue weighted by molar-refractivity contribution is 0.00987. The molecule has 5 nitrogen and oxygen atoms in total. The predicted molar refractivity (Wildman–Crippen MR) is 58.2 cm³/mol. The minimum atomic E-state index is -1.00. The molecule has 0 saturated carbocycles. The van der Waals surface area contributed by atoms with E-state index in [4.69, 9.17) is 4.74 Å². The van der Waals surface area contributed by atoms with Crippen LogP contribution in [0.25, 0.3) is 0 Å². The summed E-state index contributed by atoms with van der Waals surface area (Å²) in [7, 11) is 0. The fourth-order valence-electron chi connectivity index (χ4n) is 1.68. The van der Waals surface area contributed by atoms with Crippen LogP contribution in [-0.2, 0) is 4.74 Å². The Balaban J connectivity index is 2.32. The molecular weight excluding hydrogens is 283 g/mol. The number of ether oxygens (including phenoxy) is 1. The van der Waals surface area contributed by atoms with Crippen LogP contribution in [-0.4, -0.2) is 21.0 Å². The molecule has 2 atom stereocenters. The Hall–Kier alpha value is -0.950. The van der Waals surface area contributed by atoms with Crippen molar-refractivity contribution in [3.8, 4) is 0 Å². The maximum absolute atomic E-state index is 13.0. The molecule has 0 bridgehead atoms. The lowest BCUT2D eigenvalue weighted by Gasteiger charge is -2.14. The smallest absolute Gasteiger partial charge is 0.330 e. The number of nitrogens with one attached hydrogen (secondary N) is 1. The number of hydrogen-bond acceptors (Lipinski definition) is 3. The van der Waals surface area contributed by atoms with Crippen molar-refractivity contribution in [1.29, 1.82) is 0 Å². The lowest BCUT2D eigenvalue weighted by atomic mass is 10.2. The summed E-state index contributed by atoms with van der Waals surface area (Å²) in [5.74, 6) is -0.981. The highest BCUT2D eigenvalue weighted by Gasteiger charge is 2.26. The Morgan fingerprint density at radius 3 is 2.94 bits per heavy atom. The van der Waals surface area contributed by atoms with Crippen LogP contribution in [0.5, 0.6) is 0 Å². The normalized spacial score (nSPS) is 24.9. The maximum atomic E-state index is 13.0. The Labute approximate surface area is 98.4 Å². The van der Waals surface area contributed by atoms with E-state index in [9.17, 15) is 14.0 Å². The second-order valence-electron chi connectivity index (χ2n) is 3.59. The van der Waals surface area contributed by atoms with Gasteiger partial charge < -0.3 is 4.74 Å². The summed E-state index contributed by atoms with van der Waals surface area (Å²) in [5.41, 5.74) is -1.65. The number of aromatic nitrogens is 2. The third-order valence-corrected chi connectivity index (χ3v) is 3.21. The Bertz CT molecular complexity index is 498.